The fraction of sp³-hybridized carbons (Fsp3) is 0. The first-order valence-electron chi connectivity index (χ1n) is 20.1. The minimum absolute atomic E-state index is 0.919. The first kappa shape index (κ1) is 33.7. The van der Waals surface area contributed by atoms with Gasteiger partial charge in [0.25, 0.3) is 0 Å². The predicted molar refractivity (Wildman–Crippen MR) is 253 cm³/mol. The Balaban J connectivity index is 0.961. The Hall–Kier alpha value is -7.46. The van der Waals surface area contributed by atoms with Crippen molar-refractivity contribution >= 4 is 92.1 Å². The van der Waals surface area contributed by atoms with Crippen LogP contribution in [0.1, 0.15) is 0 Å². The van der Waals surface area contributed by atoms with Gasteiger partial charge in [-0.15, -0.1) is 11.3 Å². The summed E-state index contributed by atoms with van der Waals surface area (Å²) in [7, 11) is 0. The van der Waals surface area contributed by atoms with Crippen LogP contribution in [0.2, 0.25) is 0 Å². The summed E-state index contributed by atoms with van der Waals surface area (Å²) < 4.78 is 9.41. The van der Waals surface area contributed by atoms with E-state index in [1.54, 1.807) is 0 Å². The highest BCUT2D eigenvalue weighted by Gasteiger charge is 2.19. The molecular weight excluding hydrogens is 735 g/mol. The van der Waals surface area contributed by atoms with Crippen LogP contribution in [0.5, 0.6) is 0 Å². The van der Waals surface area contributed by atoms with E-state index >= 15 is 0 Å². The molecule has 12 aromatic rings. The maximum absolute atomic E-state index is 6.88. The van der Waals surface area contributed by atoms with E-state index in [0.29, 0.717) is 0 Å². The van der Waals surface area contributed by atoms with Gasteiger partial charge in [0.1, 0.15) is 11.2 Å². The van der Waals surface area contributed by atoms with Crippen molar-refractivity contribution in [2.45, 2.75) is 0 Å². The first-order chi connectivity index (χ1) is 29.2. The molecule has 0 aliphatic rings. The largest absolute Gasteiger partial charge is 0.455 e. The zero-order valence-electron chi connectivity index (χ0n) is 32.0. The van der Waals surface area contributed by atoms with Gasteiger partial charge >= 0.3 is 0 Å². The number of nitrogens with zero attached hydrogens (tertiary/aromatic N) is 1. The second-order valence-corrected chi connectivity index (χ2v) is 16.3. The average Bonchev–Trinajstić information content (AvgIpc) is 3.88. The monoisotopic (exact) mass is 769 g/mol. The third kappa shape index (κ3) is 5.55. The molecular formula is C56H35NOS. The highest BCUT2D eigenvalue weighted by Crippen LogP contribution is 2.45. The molecule has 0 aliphatic carbocycles. The van der Waals surface area contributed by atoms with Gasteiger partial charge in [-0.1, -0.05) is 158 Å². The van der Waals surface area contributed by atoms with Gasteiger partial charge in [-0.25, -0.2) is 0 Å². The molecule has 0 bridgehead atoms. The molecule has 0 saturated carbocycles. The molecule has 0 N–H and O–H groups in total. The number of fused-ring (bicyclic) bond motifs is 9. The number of para-hydroxylation sites is 1. The summed E-state index contributed by atoms with van der Waals surface area (Å²) in [6, 6.07) is 76.8. The lowest BCUT2D eigenvalue weighted by Gasteiger charge is -2.26. The maximum atomic E-state index is 6.88. The summed E-state index contributed by atoms with van der Waals surface area (Å²) >= 11 is 1.82. The van der Waals surface area contributed by atoms with E-state index in [2.05, 4.69) is 217 Å². The van der Waals surface area contributed by atoms with E-state index in [4.69, 9.17) is 4.42 Å². The number of furan rings is 1. The molecule has 0 radical (unpaired) electrons. The average molecular weight is 770 g/mol. The van der Waals surface area contributed by atoms with Gasteiger partial charge in [-0.2, -0.15) is 0 Å². The number of thiophene rings is 1. The van der Waals surface area contributed by atoms with Crippen molar-refractivity contribution in [1.82, 2.24) is 0 Å². The molecule has 0 aliphatic heterocycles. The van der Waals surface area contributed by atoms with Crippen molar-refractivity contribution in [3.05, 3.63) is 212 Å². The Kier molecular flexibility index (Phi) is 7.75. The third-order valence-electron chi connectivity index (χ3n) is 11.9. The van der Waals surface area contributed by atoms with E-state index in [0.717, 1.165) is 50.1 Å². The summed E-state index contributed by atoms with van der Waals surface area (Å²) in [4.78, 5) is 2.35. The summed E-state index contributed by atoms with van der Waals surface area (Å²) in [6.45, 7) is 0. The second-order valence-electron chi connectivity index (χ2n) is 15.2. The molecule has 59 heavy (non-hydrogen) atoms. The molecule has 0 fully saturated rings. The molecule has 276 valence electrons. The second kappa shape index (κ2) is 13.6. The topological polar surface area (TPSA) is 16.4 Å². The third-order valence-corrected chi connectivity index (χ3v) is 13.0. The Morgan fingerprint density at radius 3 is 1.34 bits per heavy atom. The van der Waals surface area contributed by atoms with Gasteiger partial charge in [0, 0.05) is 53.6 Å². The number of hydrogen-bond acceptors (Lipinski definition) is 3. The van der Waals surface area contributed by atoms with Gasteiger partial charge in [-0.05, 0) is 104 Å². The van der Waals surface area contributed by atoms with E-state index in [9.17, 15) is 0 Å². The summed E-state index contributed by atoms with van der Waals surface area (Å²) in [5.74, 6) is 0. The van der Waals surface area contributed by atoms with E-state index in [-0.39, 0.29) is 0 Å². The highest BCUT2D eigenvalue weighted by molar-refractivity contribution is 7.26. The lowest BCUT2D eigenvalue weighted by Crippen LogP contribution is -2.09. The van der Waals surface area contributed by atoms with Gasteiger partial charge in [-0.3, -0.25) is 0 Å². The quantitative estimate of drug-likeness (QED) is 0.167. The zero-order chi connectivity index (χ0) is 38.9. The van der Waals surface area contributed by atoms with Crippen LogP contribution in [-0.4, -0.2) is 0 Å². The van der Waals surface area contributed by atoms with Crippen LogP contribution < -0.4 is 4.90 Å². The van der Waals surface area contributed by atoms with Gasteiger partial charge in [0.15, 0.2) is 0 Å². The summed E-state index contributed by atoms with van der Waals surface area (Å²) in [5, 5.41) is 9.74. The van der Waals surface area contributed by atoms with Gasteiger partial charge < -0.3 is 9.32 Å². The fourth-order valence-electron chi connectivity index (χ4n) is 9.06. The van der Waals surface area contributed by atoms with Crippen molar-refractivity contribution in [2.75, 3.05) is 4.90 Å². The lowest BCUT2D eigenvalue weighted by atomic mass is 9.97. The number of anilines is 3. The highest BCUT2D eigenvalue weighted by atomic mass is 32.1. The van der Waals surface area contributed by atoms with Crippen molar-refractivity contribution < 1.29 is 4.42 Å². The maximum Gasteiger partial charge on any atom is 0.144 e. The van der Waals surface area contributed by atoms with Crippen molar-refractivity contribution in [3.63, 3.8) is 0 Å². The van der Waals surface area contributed by atoms with Crippen molar-refractivity contribution in [3.8, 4) is 33.4 Å². The lowest BCUT2D eigenvalue weighted by molar-refractivity contribution is 0.674. The zero-order valence-corrected chi connectivity index (χ0v) is 32.8. The van der Waals surface area contributed by atoms with Crippen LogP contribution in [-0.2, 0) is 0 Å². The Labute approximate surface area is 345 Å². The Morgan fingerprint density at radius 2 is 0.746 bits per heavy atom. The van der Waals surface area contributed by atoms with Crippen LogP contribution in [0.4, 0.5) is 17.1 Å². The molecule has 0 saturated heterocycles. The van der Waals surface area contributed by atoms with Gasteiger partial charge in [0.2, 0.25) is 0 Å². The molecule has 10 aromatic carbocycles. The first-order valence-corrected chi connectivity index (χ1v) is 20.9. The van der Waals surface area contributed by atoms with Crippen LogP contribution in [0.3, 0.4) is 0 Å². The van der Waals surface area contributed by atoms with Crippen LogP contribution >= 0.6 is 11.3 Å². The standard InChI is InChI=1S/C56H35NOS/c1-3-14-44-36(10-1)12-7-17-46(44)38-22-28-41(29-23-38)57(42-30-24-39(25-31-42)47-18-8-13-37-11-2-4-15-45(37)47)43-32-26-40(27-33-43)48-19-9-20-49-50-34-35-53-54(56(50)58-55(48)49)51-16-5-6-21-52(51)59-53/h1-35H. The fourth-order valence-corrected chi connectivity index (χ4v) is 10.2. The smallest absolute Gasteiger partial charge is 0.144 e. The van der Waals surface area contributed by atoms with Crippen LogP contribution in [0.15, 0.2) is 217 Å². The number of rotatable bonds is 6. The summed E-state index contributed by atoms with van der Waals surface area (Å²) in [5.41, 5.74) is 12.2. The number of hydrogen-bond donors (Lipinski definition) is 0. The van der Waals surface area contributed by atoms with E-state index < -0.39 is 0 Å². The minimum Gasteiger partial charge on any atom is -0.455 e. The molecule has 2 heterocycles. The predicted octanol–water partition coefficient (Wildman–Crippen LogP) is 16.7. The Bertz CT molecular complexity index is 3410. The SMILES string of the molecule is c1ccc2c(-c3ccc(N(c4ccc(-c5cccc6ccccc56)cc4)c4ccc(-c5cccc6c5oc5c6ccc6sc7ccccc7c65)cc4)cc3)cccc2c1. The van der Waals surface area contributed by atoms with Crippen molar-refractivity contribution in [2.24, 2.45) is 0 Å². The molecule has 12 rings (SSSR count). The molecule has 3 heteroatoms. The molecule has 0 atom stereocenters. The molecule has 0 amide bonds. The van der Waals surface area contributed by atoms with E-state index in [1.165, 1.54) is 64.0 Å². The van der Waals surface area contributed by atoms with Crippen LogP contribution in [0.25, 0.3) is 97.0 Å². The summed E-state index contributed by atoms with van der Waals surface area (Å²) in [6.07, 6.45) is 0. The molecule has 2 nitrogen and oxygen atoms in total. The Morgan fingerprint density at radius 1 is 0.305 bits per heavy atom. The van der Waals surface area contributed by atoms with E-state index in [1.807, 2.05) is 11.3 Å². The minimum atomic E-state index is 0.919. The molecule has 2 aromatic heterocycles. The van der Waals surface area contributed by atoms with Crippen LogP contribution in [0, 0.1) is 0 Å². The molecule has 0 unspecified atom stereocenters. The van der Waals surface area contributed by atoms with Crippen molar-refractivity contribution in [1.29, 1.82) is 0 Å². The number of benzene rings is 10. The normalized spacial score (nSPS) is 11.7. The van der Waals surface area contributed by atoms with Gasteiger partial charge in [0.05, 0.1) is 0 Å². The molecule has 0 spiro atoms.